The second-order valence-corrected chi connectivity index (χ2v) is 5.02. The fraction of sp³-hybridized carbons (Fsp3) is 0.467. The van der Waals surface area contributed by atoms with E-state index >= 15 is 0 Å². The third-order valence-corrected chi connectivity index (χ3v) is 3.74. The van der Waals surface area contributed by atoms with Crippen LogP contribution in [0.3, 0.4) is 0 Å². The molecule has 0 aromatic heterocycles. The lowest BCUT2D eigenvalue weighted by Crippen LogP contribution is -2.41. The fourth-order valence-corrected chi connectivity index (χ4v) is 2.59. The summed E-state index contributed by atoms with van der Waals surface area (Å²) in [7, 11) is 3.28. The van der Waals surface area contributed by atoms with E-state index in [1.54, 1.807) is 0 Å². The first-order valence-corrected chi connectivity index (χ1v) is 6.78. The van der Waals surface area contributed by atoms with E-state index in [4.69, 9.17) is 10.1 Å². The van der Waals surface area contributed by atoms with Gasteiger partial charge in [-0.25, -0.2) is 4.79 Å². The number of rotatable bonds is 4. The lowest BCUT2D eigenvalue weighted by Gasteiger charge is -2.25. The number of carbonyl (C=O) groups is 1. The van der Waals surface area contributed by atoms with Crippen molar-refractivity contribution in [1.29, 1.82) is 5.41 Å². The summed E-state index contributed by atoms with van der Waals surface area (Å²) in [4.78, 5) is 13.7. The molecule has 0 aliphatic carbocycles. The molecule has 0 radical (unpaired) electrons. The first kappa shape index (κ1) is 14.5. The minimum absolute atomic E-state index is 0.218. The van der Waals surface area contributed by atoms with Crippen LogP contribution in [0.25, 0.3) is 0 Å². The minimum Gasteiger partial charge on any atom is -0.467 e. The Hall–Kier alpha value is -1.88. The Kier molecular flexibility index (Phi) is 4.74. The fourth-order valence-electron chi connectivity index (χ4n) is 2.59. The highest BCUT2D eigenvalue weighted by Crippen LogP contribution is 2.20. The molecule has 1 aliphatic heterocycles. The van der Waals surface area contributed by atoms with Gasteiger partial charge in [0.05, 0.1) is 7.11 Å². The molecule has 1 aliphatic rings. The highest BCUT2D eigenvalue weighted by atomic mass is 16.5. The number of esters is 1. The molecule has 20 heavy (non-hydrogen) atoms. The van der Waals surface area contributed by atoms with Gasteiger partial charge in [-0.15, -0.1) is 0 Å². The van der Waals surface area contributed by atoms with Gasteiger partial charge in [-0.2, -0.15) is 0 Å². The van der Waals surface area contributed by atoms with E-state index in [-0.39, 0.29) is 18.1 Å². The third-order valence-electron chi connectivity index (χ3n) is 3.74. The lowest BCUT2D eigenvalue weighted by molar-refractivity contribution is -0.144. The van der Waals surface area contributed by atoms with E-state index in [2.05, 4.69) is 5.32 Å². The van der Waals surface area contributed by atoms with Gasteiger partial charge in [0.1, 0.15) is 11.9 Å². The van der Waals surface area contributed by atoms with Gasteiger partial charge < -0.3 is 15.0 Å². The highest BCUT2D eigenvalue weighted by Gasteiger charge is 2.38. The van der Waals surface area contributed by atoms with Crippen LogP contribution in [-0.4, -0.2) is 49.5 Å². The number of nitrogens with zero attached hydrogens (tertiary/aromatic N) is 1. The van der Waals surface area contributed by atoms with Gasteiger partial charge in [0.15, 0.2) is 0 Å². The van der Waals surface area contributed by atoms with E-state index in [0.29, 0.717) is 25.2 Å². The average molecular weight is 275 g/mol. The van der Waals surface area contributed by atoms with Crippen LogP contribution in [0.4, 0.5) is 0 Å². The summed E-state index contributed by atoms with van der Waals surface area (Å²) in [6.45, 7) is 0.669. The van der Waals surface area contributed by atoms with Crippen molar-refractivity contribution in [2.75, 3.05) is 20.7 Å². The molecule has 2 rings (SSSR count). The molecule has 2 N–H and O–H groups in total. The van der Waals surface area contributed by atoms with Crippen molar-refractivity contribution in [3.63, 3.8) is 0 Å². The number of ether oxygens (including phenoxy) is 1. The molecular formula is C15H21N3O2. The molecule has 1 fully saturated rings. The summed E-state index contributed by atoms with van der Waals surface area (Å²) in [6, 6.07) is 9.73. The van der Waals surface area contributed by atoms with Crippen LogP contribution in [0.15, 0.2) is 30.3 Å². The summed E-state index contributed by atoms with van der Waals surface area (Å²) >= 11 is 0. The quantitative estimate of drug-likeness (QED) is 0.489. The van der Waals surface area contributed by atoms with Crippen molar-refractivity contribution in [1.82, 2.24) is 10.2 Å². The Morgan fingerprint density at radius 3 is 2.75 bits per heavy atom. The molecule has 108 valence electrons. The Morgan fingerprint density at radius 1 is 1.45 bits per heavy atom. The second kappa shape index (κ2) is 6.52. The van der Waals surface area contributed by atoms with Gasteiger partial charge in [0.25, 0.3) is 0 Å². The molecule has 5 heteroatoms. The summed E-state index contributed by atoms with van der Waals surface area (Å²) in [5, 5.41) is 11.5. The van der Waals surface area contributed by atoms with Crippen molar-refractivity contribution in [3.05, 3.63) is 35.9 Å². The van der Waals surface area contributed by atoms with Crippen molar-refractivity contribution >= 4 is 11.8 Å². The smallest absolute Gasteiger partial charge is 0.328 e. The monoisotopic (exact) mass is 275 g/mol. The van der Waals surface area contributed by atoms with E-state index in [9.17, 15) is 4.79 Å². The van der Waals surface area contributed by atoms with Gasteiger partial charge in [0, 0.05) is 19.0 Å². The Bertz CT molecular complexity index is 475. The van der Waals surface area contributed by atoms with Crippen LogP contribution in [-0.2, 0) is 16.0 Å². The lowest BCUT2D eigenvalue weighted by atomic mass is 10.1. The zero-order valence-electron chi connectivity index (χ0n) is 11.9. The maximum atomic E-state index is 11.9. The number of likely N-dealkylation sites (tertiary alicyclic amines) is 1. The van der Waals surface area contributed by atoms with Crippen LogP contribution in [0.1, 0.15) is 12.0 Å². The Morgan fingerprint density at radius 2 is 2.15 bits per heavy atom. The van der Waals surface area contributed by atoms with Crippen LogP contribution in [0.5, 0.6) is 0 Å². The maximum Gasteiger partial charge on any atom is 0.328 e. The summed E-state index contributed by atoms with van der Waals surface area (Å²) in [5.74, 6) is 0.199. The van der Waals surface area contributed by atoms with Crippen LogP contribution in [0, 0.1) is 5.41 Å². The number of likely N-dealkylation sites (N-methyl/N-ethyl adjacent to an activating group) is 1. The molecule has 1 aromatic rings. The molecule has 2 atom stereocenters. The number of carbonyl (C=O) groups excluding carboxylic acids is 1. The highest BCUT2D eigenvalue weighted by molar-refractivity contribution is 5.88. The number of hydrogen-bond donors (Lipinski definition) is 2. The molecule has 2 unspecified atom stereocenters. The molecule has 5 nitrogen and oxygen atoms in total. The van der Waals surface area contributed by atoms with E-state index in [0.717, 1.165) is 5.56 Å². The third kappa shape index (κ3) is 3.17. The molecule has 0 bridgehead atoms. The number of benzene rings is 1. The van der Waals surface area contributed by atoms with Gasteiger partial charge in [-0.1, -0.05) is 30.3 Å². The molecule has 0 saturated carbocycles. The van der Waals surface area contributed by atoms with Gasteiger partial charge in [-0.3, -0.25) is 5.41 Å². The predicted octanol–water partition coefficient (Wildman–Crippen LogP) is 1.04. The van der Waals surface area contributed by atoms with Gasteiger partial charge >= 0.3 is 5.97 Å². The maximum absolute atomic E-state index is 11.9. The molecule has 1 saturated heterocycles. The van der Waals surface area contributed by atoms with Gasteiger partial charge in [-0.05, 0) is 19.0 Å². The van der Waals surface area contributed by atoms with Crippen LogP contribution < -0.4 is 5.32 Å². The molecule has 0 amide bonds. The molecule has 1 heterocycles. The van der Waals surface area contributed by atoms with Crippen molar-refractivity contribution < 1.29 is 9.53 Å². The first-order chi connectivity index (χ1) is 9.65. The SMILES string of the molecule is CNC1CC(C(=O)OC)N(C(=N)Cc2ccccc2)C1. The molecule has 0 spiro atoms. The number of amidine groups is 1. The largest absolute Gasteiger partial charge is 0.467 e. The minimum atomic E-state index is -0.353. The first-order valence-electron chi connectivity index (χ1n) is 6.78. The Balaban J connectivity index is 2.08. The number of methoxy groups -OCH3 is 1. The Labute approximate surface area is 119 Å². The van der Waals surface area contributed by atoms with Gasteiger partial charge in [0.2, 0.25) is 0 Å². The van der Waals surface area contributed by atoms with Crippen LogP contribution >= 0.6 is 0 Å². The molecular weight excluding hydrogens is 254 g/mol. The zero-order chi connectivity index (χ0) is 14.5. The number of nitrogens with one attached hydrogen (secondary N) is 2. The topological polar surface area (TPSA) is 65.4 Å². The van der Waals surface area contributed by atoms with Crippen molar-refractivity contribution in [2.24, 2.45) is 0 Å². The second-order valence-electron chi connectivity index (χ2n) is 5.02. The van der Waals surface area contributed by atoms with E-state index < -0.39 is 0 Å². The normalized spacial score (nSPS) is 21.8. The predicted molar refractivity (Wildman–Crippen MR) is 77.8 cm³/mol. The molecule has 1 aromatic carbocycles. The zero-order valence-corrected chi connectivity index (χ0v) is 11.9. The summed E-state index contributed by atoms with van der Waals surface area (Å²) < 4.78 is 4.85. The standard InChI is InChI=1S/C15H21N3O2/c1-17-12-9-13(15(19)20-2)18(10-12)14(16)8-11-6-4-3-5-7-11/h3-7,12-13,16-17H,8-10H2,1-2H3. The van der Waals surface area contributed by atoms with Crippen molar-refractivity contribution in [2.45, 2.75) is 24.9 Å². The summed E-state index contributed by atoms with van der Waals surface area (Å²) in [5.41, 5.74) is 1.08. The number of hydrogen-bond acceptors (Lipinski definition) is 4. The average Bonchev–Trinajstić information content (AvgIpc) is 2.92. The van der Waals surface area contributed by atoms with E-state index in [1.807, 2.05) is 42.3 Å². The van der Waals surface area contributed by atoms with Crippen molar-refractivity contribution in [3.8, 4) is 0 Å². The van der Waals surface area contributed by atoms with E-state index in [1.165, 1.54) is 7.11 Å². The summed E-state index contributed by atoms with van der Waals surface area (Å²) in [6.07, 6.45) is 1.21. The van der Waals surface area contributed by atoms with Crippen LogP contribution in [0.2, 0.25) is 0 Å².